The Labute approximate surface area is 115 Å². The maximum absolute atomic E-state index is 12.4. The van der Waals surface area contributed by atoms with E-state index >= 15 is 0 Å². The molecule has 5 heteroatoms. The van der Waals surface area contributed by atoms with Crippen molar-refractivity contribution in [2.75, 3.05) is 39.3 Å². The Morgan fingerprint density at radius 3 is 2.53 bits per heavy atom. The van der Waals surface area contributed by atoms with Crippen molar-refractivity contribution >= 4 is 11.8 Å². The van der Waals surface area contributed by atoms with E-state index in [1.807, 2.05) is 16.7 Å². The van der Waals surface area contributed by atoms with E-state index in [2.05, 4.69) is 5.32 Å². The van der Waals surface area contributed by atoms with Gasteiger partial charge in [-0.25, -0.2) is 0 Å². The molecule has 0 radical (unpaired) electrons. The second kappa shape index (κ2) is 6.89. The van der Waals surface area contributed by atoms with Crippen molar-refractivity contribution in [1.82, 2.24) is 15.1 Å². The van der Waals surface area contributed by atoms with Gasteiger partial charge in [0.05, 0.1) is 5.92 Å². The third-order valence-corrected chi connectivity index (χ3v) is 4.11. The second-order valence-electron chi connectivity index (χ2n) is 5.46. The van der Waals surface area contributed by atoms with E-state index < -0.39 is 0 Å². The lowest BCUT2D eigenvalue weighted by Crippen LogP contribution is -2.44. The van der Waals surface area contributed by atoms with Crippen LogP contribution in [0.3, 0.4) is 0 Å². The molecule has 2 aliphatic rings. The highest BCUT2D eigenvalue weighted by Gasteiger charge is 2.27. The molecule has 19 heavy (non-hydrogen) atoms. The second-order valence-corrected chi connectivity index (χ2v) is 5.46. The lowest BCUT2D eigenvalue weighted by atomic mass is 9.98. The third-order valence-electron chi connectivity index (χ3n) is 4.11. The van der Waals surface area contributed by atoms with E-state index in [1.165, 1.54) is 0 Å². The summed E-state index contributed by atoms with van der Waals surface area (Å²) in [6.45, 7) is 6.71. The molecule has 2 heterocycles. The minimum absolute atomic E-state index is 0.141. The van der Waals surface area contributed by atoms with Crippen LogP contribution < -0.4 is 5.32 Å². The molecule has 0 aromatic heterocycles. The fourth-order valence-corrected chi connectivity index (χ4v) is 2.93. The molecule has 0 aromatic rings. The van der Waals surface area contributed by atoms with Crippen LogP contribution in [0.5, 0.6) is 0 Å². The molecule has 1 atom stereocenters. The predicted molar refractivity (Wildman–Crippen MR) is 73.7 cm³/mol. The molecule has 2 rings (SSSR count). The van der Waals surface area contributed by atoms with Gasteiger partial charge in [-0.15, -0.1) is 0 Å². The molecule has 2 saturated heterocycles. The summed E-state index contributed by atoms with van der Waals surface area (Å²) in [5, 5.41) is 3.29. The number of carbonyl (C=O) groups excluding carboxylic acids is 2. The summed E-state index contributed by atoms with van der Waals surface area (Å²) in [6.07, 6.45) is 3.54. The highest BCUT2D eigenvalue weighted by Crippen LogP contribution is 2.15. The largest absolute Gasteiger partial charge is 0.341 e. The van der Waals surface area contributed by atoms with Gasteiger partial charge in [0.1, 0.15) is 0 Å². The van der Waals surface area contributed by atoms with Gasteiger partial charge < -0.3 is 15.1 Å². The van der Waals surface area contributed by atoms with E-state index in [0.717, 1.165) is 45.4 Å². The third kappa shape index (κ3) is 3.69. The number of hydrogen-bond donors (Lipinski definition) is 1. The highest BCUT2D eigenvalue weighted by atomic mass is 16.2. The summed E-state index contributed by atoms with van der Waals surface area (Å²) in [5.41, 5.74) is 0. The van der Waals surface area contributed by atoms with Crippen molar-refractivity contribution in [2.24, 2.45) is 5.92 Å². The first-order chi connectivity index (χ1) is 9.22. The zero-order valence-electron chi connectivity index (χ0n) is 11.9. The first-order valence-electron chi connectivity index (χ1n) is 7.49. The van der Waals surface area contributed by atoms with Crippen LogP contribution >= 0.6 is 0 Å². The fraction of sp³-hybridized carbons (Fsp3) is 0.857. The quantitative estimate of drug-likeness (QED) is 0.790. The van der Waals surface area contributed by atoms with Gasteiger partial charge in [0.25, 0.3) is 0 Å². The maximum Gasteiger partial charge on any atom is 0.227 e. The molecule has 1 N–H and O–H groups in total. The van der Waals surface area contributed by atoms with Crippen molar-refractivity contribution in [3.05, 3.63) is 0 Å². The Hall–Kier alpha value is -1.10. The number of nitrogens with one attached hydrogen (secondary N) is 1. The first-order valence-corrected chi connectivity index (χ1v) is 7.49. The lowest BCUT2D eigenvalue weighted by Gasteiger charge is -2.29. The topological polar surface area (TPSA) is 52.7 Å². The highest BCUT2D eigenvalue weighted by molar-refractivity contribution is 5.79. The number of amides is 2. The van der Waals surface area contributed by atoms with Gasteiger partial charge in [-0.1, -0.05) is 6.92 Å². The Morgan fingerprint density at radius 2 is 1.84 bits per heavy atom. The molecule has 0 aromatic carbocycles. The number of rotatable bonds is 2. The molecule has 0 bridgehead atoms. The molecule has 2 aliphatic heterocycles. The average molecular weight is 267 g/mol. The molecule has 108 valence electrons. The molecule has 5 nitrogen and oxygen atoms in total. The minimum Gasteiger partial charge on any atom is -0.341 e. The molecule has 2 amide bonds. The standard InChI is InChI=1S/C14H25N3O2/c1-2-13(18)16-7-4-8-17(10-9-16)14(19)12-5-3-6-15-11-12/h12,15H,2-11H2,1H3. The van der Waals surface area contributed by atoms with Gasteiger partial charge in [0.2, 0.25) is 11.8 Å². The van der Waals surface area contributed by atoms with Crippen molar-refractivity contribution in [3.63, 3.8) is 0 Å². The van der Waals surface area contributed by atoms with Crippen molar-refractivity contribution < 1.29 is 9.59 Å². The zero-order valence-corrected chi connectivity index (χ0v) is 11.9. The monoisotopic (exact) mass is 267 g/mol. The van der Waals surface area contributed by atoms with Crippen molar-refractivity contribution in [2.45, 2.75) is 32.6 Å². The van der Waals surface area contributed by atoms with Gasteiger partial charge in [-0.3, -0.25) is 9.59 Å². The Balaban J connectivity index is 1.87. The summed E-state index contributed by atoms with van der Waals surface area (Å²) < 4.78 is 0. The number of carbonyl (C=O) groups is 2. The molecule has 0 saturated carbocycles. The predicted octanol–water partition coefficient (Wildman–Crippen LogP) is 0.457. The van der Waals surface area contributed by atoms with Gasteiger partial charge in [0.15, 0.2) is 0 Å². The molecule has 0 aliphatic carbocycles. The maximum atomic E-state index is 12.4. The van der Waals surface area contributed by atoms with Crippen LogP contribution in [0, 0.1) is 5.92 Å². The van der Waals surface area contributed by atoms with E-state index in [1.54, 1.807) is 0 Å². The lowest BCUT2D eigenvalue weighted by molar-refractivity contribution is -0.136. The summed E-state index contributed by atoms with van der Waals surface area (Å²) in [7, 11) is 0. The summed E-state index contributed by atoms with van der Waals surface area (Å²) >= 11 is 0. The van der Waals surface area contributed by atoms with Gasteiger partial charge in [-0.2, -0.15) is 0 Å². The van der Waals surface area contributed by atoms with Gasteiger partial charge >= 0.3 is 0 Å². The van der Waals surface area contributed by atoms with E-state index in [-0.39, 0.29) is 17.7 Å². The Kier molecular flexibility index (Phi) is 5.19. The number of nitrogens with zero attached hydrogens (tertiary/aromatic N) is 2. The molecule has 1 unspecified atom stereocenters. The minimum atomic E-state index is 0.141. The molecule has 2 fully saturated rings. The van der Waals surface area contributed by atoms with Crippen LogP contribution in [-0.4, -0.2) is 60.9 Å². The molecular weight excluding hydrogens is 242 g/mol. The normalized spacial score (nSPS) is 25.0. The SMILES string of the molecule is CCC(=O)N1CCCN(C(=O)C2CCCNC2)CC1. The van der Waals surface area contributed by atoms with Crippen molar-refractivity contribution in [1.29, 1.82) is 0 Å². The van der Waals surface area contributed by atoms with Gasteiger partial charge in [0, 0.05) is 39.1 Å². The smallest absolute Gasteiger partial charge is 0.227 e. The summed E-state index contributed by atoms with van der Waals surface area (Å²) in [5.74, 6) is 0.619. The number of piperidine rings is 1. The average Bonchev–Trinajstić information content (AvgIpc) is 2.72. The first kappa shape index (κ1) is 14.3. The summed E-state index contributed by atoms with van der Waals surface area (Å²) in [4.78, 5) is 28.0. The molecular formula is C14H25N3O2. The van der Waals surface area contributed by atoms with Crippen LogP contribution in [0.2, 0.25) is 0 Å². The Morgan fingerprint density at radius 1 is 1.11 bits per heavy atom. The zero-order chi connectivity index (χ0) is 13.7. The van der Waals surface area contributed by atoms with Crippen LogP contribution in [0.25, 0.3) is 0 Å². The van der Waals surface area contributed by atoms with Crippen LogP contribution in [0.15, 0.2) is 0 Å². The van der Waals surface area contributed by atoms with Crippen LogP contribution in [-0.2, 0) is 9.59 Å². The fourth-order valence-electron chi connectivity index (χ4n) is 2.93. The summed E-state index contributed by atoms with van der Waals surface area (Å²) in [6, 6.07) is 0. The van der Waals surface area contributed by atoms with Gasteiger partial charge in [-0.05, 0) is 25.8 Å². The van der Waals surface area contributed by atoms with E-state index in [9.17, 15) is 9.59 Å². The van der Waals surface area contributed by atoms with Crippen LogP contribution in [0.1, 0.15) is 32.6 Å². The Bertz CT molecular complexity index is 327. The van der Waals surface area contributed by atoms with E-state index in [4.69, 9.17) is 0 Å². The number of hydrogen-bond acceptors (Lipinski definition) is 3. The van der Waals surface area contributed by atoms with E-state index in [0.29, 0.717) is 19.5 Å². The van der Waals surface area contributed by atoms with Crippen LogP contribution in [0.4, 0.5) is 0 Å². The molecule has 0 spiro atoms. The van der Waals surface area contributed by atoms with Crippen molar-refractivity contribution in [3.8, 4) is 0 Å².